The SMILES string of the molecule is Cn1cnnc1-c1cc(F)ccc1-c1cc(C2CC2)nc(N2Cc3c(cc(COC[C@@H]4CCNC4)cc3C(F)(F)F)C2=O)c1. The Morgan fingerprint density at radius 3 is 2.59 bits per heavy atom. The summed E-state index contributed by atoms with van der Waals surface area (Å²) in [5, 5.41) is 11.3. The highest BCUT2D eigenvalue weighted by Crippen LogP contribution is 2.44. The summed E-state index contributed by atoms with van der Waals surface area (Å²) in [6.07, 6.45) is -0.344. The van der Waals surface area contributed by atoms with E-state index >= 15 is 0 Å². The second-order valence-electron chi connectivity index (χ2n) is 11.8. The van der Waals surface area contributed by atoms with Gasteiger partial charge in [-0.05, 0) is 90.4 Å². The molecule has 2 aliphatic heterocycles. The zero-order valence-corrected chi connectivity index (χ0v) is 24.0. The molecule has 2 aromatic heterocycles. The van der Waals surface area contributed by atoms with Crippen LogP contribution in [0.3, 0.4) is 0 Å². The summed E-state index contributed by atoms with van der Waals surface area (Å²) in [6.45, 7) is 1.87. The lowest BCUT2D eigenvalue weighted by atomic mass is 9.98. The van der Waals surface area contributed by atoms with Gasteiger partial charge in [0.2, 0.25) is 0 Å². The first-order chi connectivity index (χ1) is 21.2. The molecule has 1 saturated carbocycles. The van der Waals surface area contributed by atoms with E-state index in [9.17, 15) is 22.4 Å². The third-order valence-corrected chi connectivity index (χ3v) is 8.54. The van der Waals surface area contributed by atoms with Crippen molar-refractivity contribution in [1.29, 1.82) is 0 Å². The van der Waals surface area contributed by atoms with E-state index < -0.39 is 23.5 Å². The van der Waals surface area contributed by atoms with Crippen LogP contribution in [0.1, 0.15) is 57.9 Å². The van der Waals surface area contributed by atoms with Crippen LogP contribution in [0.2, 0.25) is 0 Å². The summed E-state index contributed by atoms with van der Waals surface area (Å²) in [5.74, 6) is 0.192. The molecule has 4 heterocycles. The second kappa shape index (κ2) is 11.1. The number of anilines is 1. The van der Waals surface area contributed by atoms with Crippen molar-refractivity contribution < 1.29 is 27.1 Å². The third kappa shape index (κ3) is 5.48. The Bertz CT molecular complexity index is 1740. The quantitative estimate of drug-likeness (QED) is 0.253. The van der Waals surface area contributed by atoms with E-state index in [1.54, 1.807) is 23.7 Å². The van der Waals surface area contributed by atoms with Gasteiger partial charge in [-0.2, -0.15) is 13.2 Å². The van der Waals surface area contributed by atoms with Crippen LogP contribution in [-0.4, -0.2) is 45.4 Å². The van der Waals surface area contributed by atoms with Crippen molar-refractivity contribution in [2.75, 3.05) is 24.6 Å². The van der Waals surface area contributed by atoms with Gasteiger partial charge in [0.1, 0.15) is 18.0 Å². The van der Waals surface area contributed by atoms with E-state index in [4.69, 9.17) is 9.72 Å². The largest absolute Gasteiger partial charge is 0.416 e. The lowest BCUT2D eigenvalue weighted by molar-refractivity contribution is -0.138. The minimum Gasteiger partial charge on any atom is -0.376 e. The van der Waals surface area contributed by atoms with Gasteiger partial charge in [-0.25, -0.2) is 9.37 Å². The molecule has 1 atom stereocenters. The predicted molar refractivity (Wildman–Crippen MR) is 154 cm³/mol. The van der Waals surface area contributed by atoms with E-state index in [1.807, 2.05) is 6.07 Å². The van der Waals surface area contributed by atoms with E-state index in [0.29, 0.717) is 40.6 Å². The summed E-state index contributed by atoms with van der Waals surface area (Å²) in [4.78, 5) is 19.9. The molecule has 0 unspecified atom stereocenters. The average molecular weight is 607 g/mol. The minimum absolute atomic E-state index is 0.00249. The highest BCUT2D eigenvalue weighted by Gasteiger charge is 2.41. The van der Waals surface area contributed by atoms with Crippen molar-refractivity contribution in [3.63, 3.8) is 0 Å². The summed E-state index contributed by atoms with van der Waals surface area (Å²) >= 11 is 0. The number of carbonyl (C=O) groups is 1. The van der Waals surface area contributed by atoms with Gasteiger partial charge in [-0.3, -0.25) is 9.69 Å². The number of halogens is 4. The maximum atomic E-state index is 14.4. The first kappa shape index (κ1) is 28.6. The molecular weight excluding hydrogens is 576 g/mol. The molecule has 44 heavy (non-hydrogen) atoms. The second-order valence-corrected chi connectivity index (χ2v) is 11.8. The zero-order chi connectivity index (χ0) is 30.6. The normalized spacial score (nSPS) is 18.3. The molecule has 2 aromatic carbocycles. The molecule has 12 heteroatoms. The number of alkyl halides is 3. The van der Waals surface area contributed by atoms with Crippen molar-refractivity contribution in [3.8, 4) is 22.5 Å². The zero-order valence-electron chi connectivity index (χ0n) is 24.0. The molecule has 1 saturated heterocycles. The van der Waals surface area contributed by atoms with Crippen molar-refractivity contribution in [3.05, 3.63) is 82.6 Å². The highest BCUT2D eigenvalue weighted by atomic mass is 19.4. The average Bonchev–Trinajstić information content (AvgIpc) is 3.38. The molecular formula is C32H30F4N6O2. The van der Waals surface area contributed by atoms with Crippen LogP contribution in [0.15, 0.2) is 48.8 Å². The number of aromatic nitrogens is 4. The van der Waals surface area contributed by atoms with E-state index in [1.165, 1.54) is 29.4 Å². The van der Waals surface area contributed by atoms with Gasteiger partial charge >= 0.3 is 6.18 Å². The summed E-state index contributed by atoms with van der Waals surface area (Å²) in [7, 11) is 1.75. The number of rotatable bonds is 8. The Kier molecular flexibility index (Phi) is 7.20. The lowest BCUT2D eigenvalue weighted by Gasteiger charge is -2.19. The maximum Gasteiger partial charge on any atom is 0.416 e. The molecule has 7 rings (SSSR count). The van der Waals surface area contributed by atoms with Crippen LogP contribution in [0.4, 0.5) is 23.4 Å². The van der Waals surface area contributed by atoms with Gasteiger partial charge in [0.05, 0.1) is 25.3 Å². The van der Waals surface area contributed by atoms with Crippen molar-refractivity contribution >= 4 is 11.7 Å². The van der Waals surface area contributed by atoms with E-state index in [2.05, 4.69) is 15.5 Å². The topological polar surface area (TPSA) is 85.2 Å². The number of benzene rings is 2. The van der Waals surface area contributed by atoms with E-state index in [0.717, 1.165) is 44.1 Å². The molecule has 3 aliphatic rings. The number of carbonyl (C=O) groups excluding carboxylic acids is 1. The number of fused-ring (bicyclic) bond motifs is 1. The minimum atomic E-state index is -4.65. The lowest BCUT2D eigenvalue weighted by Crippen LogP contribution is -2.24. The Morgan fingerprint density at radius 1 is 1.05 bits per heavy atom. The van der Waals surface area contributed by atoms with Crippen LogP contribution >= 0.6 is 0 Å². The number of ether oxygens (including phenoxy) is 1. The molecule has 0 spiro atoms. The van der Waals surface area contributed by atoms with Gasteiger partial charge in [0.25, 0.3) is 5.91 Å². The van der Waals surface area contributed by atoms with Crippen molar-refractivity contribution in [2.45, 2.75) is 44.5 Å². The van der Waals surface area contributed by atoms with Gasteiger partial charge in [0.15, 0.2) is 5.82 Å². The molecule has 1 amide bonds. The Balaban J connectivity index is 1.26. The van der Waals surface area contributed by atoms with E-state index in [-0.39, 0.29) is 36.0 Å². The summed E-state index contributed by atoms with van der Waals surface area (Å²) in [5.41, 5.74) is 1.93. The van der Waals surface area contributed by atoms with Gasteiger partial charge in [-0.1, -0.05) is 6.07 Å². The summed E-state index contributed by atoms with van der Waals surface area (Å²) in [6, 6.07) is 10.5. The molecule has 8 nitrogen and oxygen atoms in total. The number of nitrogens with zero attached hydrogens (tertiary/aromatic N) is 5. The van der Waals surface area contributed by atoms with Gasteiger partial charge in [-0.15, -0.1) is 10.2 Å². The van der Waals surface area contributed by atoms with Crippen LogP contribution in [0.25, 0.3) is 22.5 Å². The number of aryl methyl sites for hydroxylation is 1. The van der Waals surface area contributed by atoms with Gasteiger partial charge < -0.3 is 14.6 Å². The monoisotopic (exact) mass is 606 g/mol. The van der Waals surface area contributed by atoms with Crippen molar-refractivity contribution in [1.82, 2.24) is 25.1 Å². The fourth-order valence-corrected chi connectivity index (χ4v) is 6.09. The molecule has 0 radical (unpaired) electrons. The smallest absolute Gasteiger partial charge is 0.376 e. The summed E-state index contributed by atoms with van der Waals surface area (Å²) < 4.78 is 64.8. The van der Waals surface area contributed by atoms with Gasteiger partial charge in [0, 0.05) is 36.3 Å². The highest BCUT2D eigenvalue weighted by molar-refractivity contribution is 6.10. The van der Waals surface area contributed by atoms with Crippen LogP contribution < -0.4 is 10.2 Å². The number of nitrogens with one attached hydrogen (secondary N) is 1. The number of hydrogen-bond acceptors (Lipinski definition) is 6. The van der Waals surface area contributed by atoms with Crippen LogP contribution in [-0.2, 0) is 31.1 Å². The molecule has 1 N–H and O–H groups in total. The number of pyridine rings is 1. The maximum absolute atomic E-state index is 14.4. The third-order valence-electron chi connectivity index (χ3n) is 8.54. The first-order valence-corrected chi connectivity index (χ1v) is 14.7. The molecule has 1 aliphatic carbocycles. The molecule has 2 fully saturated rings. The van der Waals surface area contributed by atoms with Crippen molar-refractivity contribution in [2.24, 2.45) is 13.0 Å². The Labute approximate surface area is 251 Å². The number of amides is 1. The Morgan fingerprint density at radius 2 is 1.89 bits per heavy atom. The molecule has 0 bridgehead atoms. The number of hydrogen-bond donors (Lipinski definition) is 1. The standard InChI is InChI=1S/C32H30F4N6O2/c1-41-17-38-40-30(41)24-12-22(33)4-5-23(24)21-10-28(20-2-3-20)39-29(11-21)42-14-26-25(31(42)43)8-19(9-27(26)32(34,35)36)16-44-15-18-6-7-37-13-18/h4-5,8-12,17-18,20,37H,2-3,6-7,13-16H2,1H3/t18-/m1/s1. The molecule has 228 valence electrons. The molecule has 4 aromatic rings. The van der Waals surface area contributed by atoms with Crippen LogP contribution in [0.5, 0.6) is 0 Å². The predicted octanol–water partition coefficient (Wildman–Crippen LogP) is 5.87. The Hall–Kier alpha value is -4.16. The first-order valence-electron chi connectivity index (χ1n) is 14.7. The van der Waals surface area contributed by atoms with Crippen LogP contribution in [0, 0.1) is 11.7 Å². The fraction of sp³-hybridized carbons (Fsp3) is 0.375. The fourth-order valence-electron chi connectivity index (χ4n) is 6.09.